The number of Topliss-reactive ketones (excluding diaryl/α,β-unsaturated/α-hetero) is 1. The van der Waals surface area contributed by atoms with Crippen molar-refractivity contribution in [2.45, 2.75) is 84.2 Å². The number of hydrogen-bond acceptors (Lipinski definition) is 6. The van der Waals surface area contributed by atoms with Gasteiger partial charge in [0.1, 0.15) is 12.2 Å². The first-order valence-corrected chi connectivity index (χ1v) is 11.8. The van der Waals surface area contributed by atoms with E-state index in [-0.39, 0.29) is 40.7 Å². The SMILES string of the molecule is COC(C)O[C@]1(C(=O)CO)CC[C@H]2[C@@H]3C[C@H](C)C4=CC(=O)CC[C@]4(C)[C@H]3[C@@H](O)C[C@@]21C. The molecule has 4 aliphatic carbocycles. The summed E-state index contributed by atoms with van der Waals surface area (Å²) < 4.78 is 11.6. The number of methoxy groups -OCH3 is 1. The summed E-state index contributed by atoms with van der Waals surface area (Å²) in [4.78, 5) is 25.3. The predicted molar refractivity (Wildman–Crippen MR) is 115 cm³/mol. The Kier molecular flexibility index (Phi) is 5.78. The Labute approximate surface area is 185 Å². The maximum absolute atomic E-state index is 13.1. The van der Waals surface area contributed by atoms with Gasteiger partial charge in [0.15, 0.2) is 17.9 Å². The van der Waals surface area contributed by atoms with E-state index in [2.05, 4.69) is 20.8 Å². The molecule has 31 heavy (non-hydrogen) atoms. The van der Waals surface area contributed by atoms with E-state index in [9.17, 15) is 19.8 Å². The van der Waals surface area contributed by atoms with E-state index in [0.29, 0.717) is 19.3 Å². The van der Waals surface area contributed by atoms with Crippen molar-refractivity contribution in [3.63, 3.8) is 0 Å². The highest BCUT2D eigenvalue weighted by Gasteiger charge is 2.70. The highest BCUT2D eigenvalue weighted by Crippen LogP contribution is 2.69. The summed E-state index contributed by atoms with van der Waals surface area (Å²) in [5.74, 6) is 0.676. The lowest BCUT2D eigenvalue weighted by Crippen LogP contribution is -2.64. The van der Waals surface area contributed by atoms with E-state index in [4.69, 9.17) is 9.47 Å². The Morgan fingerprint density at radius 3 is 2.68 bits per heavy atom. The standard InChI is InChI=1S/C25H38O6/c1-14-10-17-18-7-9-25(21(29)13-26,31-15(2)30-5)24(18,4)12-20(28)22(17)23(3)8-6-16(27)11-19(14)23/h11,14-15,17-18,20,22,26,28H,6-10,12-13H2,1-5H3/t14-,15?,17-,18-,20-,22+,23-,24-,25-/m0/s1. The lowest BCUT2D eigenvalue weighted by atomic mass is 9.44. The average Bonchev–Trinajstić information content (AvgIpc) is 3.01. The zero-order chi connectivity index (χ0) is 22.8. The molecule has 0 aromatic carbocycles. The van der Waals surface area contributed by atoms with Gasteiger partial charge in [-0.3, -0.25) is 9.59 Å². The number of allylic oxidation sites excluding steroid dienone is 1. The van der Waals surface area contributed by atoms with Crippen molar-refractivity contribution in [3.05, 3.63) is 11.6 Å². The molecule has 0 heterocycles. The molecule has 6 nitrogen and oxygen atoms in total. The van der Waals surface area contributed by atoms with Crippen LogP contribution in [0.1, 0.15) is 66.2 Å². The van der Waals surface area contributed by atoms with Gasteiger partial charge in [0.25, 0.3) is 0 Å². The smallest absolute Gasteiger partial charge is 0.190 e. The fourth-order valence-electron chi connectivity index (χ4n) is 8.28. The molecule has 2 N–H and O–H groups in total. The topological polar surface area (TPSA) is 93.1 Å². The van der Waals surface area contributed by atoms with Gasteiger partial charge in [0.2, 0.25) is 0 Å². The molecule has 1 unspecified atom stereocenters. The number of ketones is 2. The van der Waals surface area contributed by atoms with Crippen LogP contribution in [0, 0.1) is 34.5 Å². The summed E-state index contributed by atoms with van der Waals surface area (Å²) in [5.41, 5.74) is -0.727. The van der Waals surface area contributed by atoms with Crippen molar-refractivity contribution in [1.29, 1.82) is 0 Å². The average molecular weight is 435 g/mol. The fraction of sp³-hybridized carbons (Fsp3) is 0.840. The van der Waals surface area contributed by atoms with E-state index < -0.39 is 30.0 Å². The minimum absolute atomic E-state index is 0.0704. The third-order valence-corrected chi connectivity index (χ3v) is 9.63. The predicted octanol–water partition coefficient (Wildman–Crippen LogP) is 3.04. The molecule has 9 atom stereocenters. The lowest BCUT2D eigenvalue weighted by Gasteiger charge is -2.62. The molecule has 3 saturated carbocycles. The van der Waals surface area contributed by atoms with Crippen LogP contribution in [0.5, 0.6) is 0 Å². The number of aliphatic hydroxyl groups is 2. The first-order valence-electron chi connectivity index (χ1n) is 11.8. The fourth-order valence-corrected chi connectivity index (χ4v) is 8.28. The highest BCUT2D eigenvalue weighted by atomic mass is 16.7. The number of aliphatic hydroxyl groups excluding tert-OH is 2. The van der Waals surface area contributed by atoms with Gasteiger partial charge in [0.05, 0.1) is 6.10 Å². The van der Waals surface area contributed by atoms with Crippen LogP contribution in [0.25, 0.3) is 0 Å². The first kappa shape index (κ1) is 23.1. The molecule has 4 rings (SSSR count). The third kappa shape index (κ3) is 3.12. The minimum atomic E-state index is -1.16. The number of ether oxygens (including phenoxy) is 2. The molecule has 174 valence electrons. The van der Waals surface area contributed by atoms with Crippen LogP contribution in [-0.4, -0.2) is 53.5 Å². The number of hydrogen-bond donors (Lipinski definition) is 2. The van der Waals surface area contributed by atoms with Crippen LogP contribution in [0.15, 0.2) is 11.6 Å². The molecule has 3 fully saturated rings. The zero-order valence-corrected chi connectivity index (χ0v) is 19.5. The van der Waals surface area contributed by atoms with Gasteiger partial charge in [-0.05, 0) is 74.2 Å². The van der Waals surface area contributed by atoms with E-state index >= 15 is 0 Å². The van der Waals surface area contributed by atoms with E-state index in [1.165, 1.54) is 5.57 Å². The monoisotopic (exact) mass is 434 g/mol. The molecule has 0 amide bonds. The van der Waals surface area contributed by atoms with Gasteiger partial charge in [-0.1, -0.05) is 26.3 Å². The third-order valence-electron chi connectivity index (χ3n) is 9.63. The summed E-state index contributed by atoms with van der Waals surface area (Å²) >= 11 is 0. The molecule has 0 spiro atoms. The van der Waals surface area contributed by atoms with Gasteiger partial charge in [-0.25, -0.2) is 0 Å². The molecule has 0 aromatic heterocycles. The van der Waals surface area contributed by atoms with Gasteiger partial charge in [0, 0.05) is 18.9 Å². The molecule has 0 radical (unpaired) electrons. The van der Waals surface area contributed by atoms with Crippen LogP contribution in [0.2, 0.25) is 0 Å². The van der Waals surface area contributed by atoms with Gasteiger partial charge >= 0.3 is 0 Å². The van der Waals surface area contributed by atoms with Crippen molar-refractivity contribution in [2.75, 3.05) is 13.7 Å². The number of carbonyl (C=O) groups excluding carboxylic acids is 2. The van der Waals surface area contributed by atoms with Crippen molar-refractivity contribution in [1.82, 2.24) is 0 Å². The molecule has 0 aromatic rings. The second-order valence-corrected chi connectivity index (χ2v) is 11.0. The second kappa shape index (κ2) is 7.75. The summed E-state index contributed by atoms with van der Waals surface area (Å²) in [6.07, 6.45) is 4.70. The Morgan fingerprint density at radius 1 is 1.32 bits per heavy atom. The number of carbonyl (C=O) groups is 2. The van der Waals surface area contributed by atoms with Crippen molar-refractivity contribution < 1.29 is 29.3 Å². The molecule has 0 aliphatic heterocycles. The molecular formula is C25H38O6. The minimum Gasteiger partial charge on any atom is -0.393 e. The number of rotatable bonds is 5. The molecule has 0 bridgehead atoms. The summed E-state index contributed by atoms with van der Waals surface area (Å²) in [7, 11) is 1.55. The van der Waals surface area contributed by atoms with Crippen LogP contribution in [-0.2, 0) is 19.1 Å². The van der Waals surface area contributed by atoms with E-state index in [1.54, 1.807) is 14.0 Å². The quantitative estimate of drug-likeness (QED) is 0.646. The zero-order valence-electron chi connectivity index (χ0n) is 19.5. The molecule has 4 aliphatic rings. The van der Waals surface area contributed by atoms with Crippen LogP contribution >= 0.6 is 0 Å². The maximum Gasteiger partial charge on any atom is 0.190 e. The highest BCUT2D eigenvalue weighted by molar-refractivity contribution is 5.92. The van der Waals surface area contributed by atoms with Crippen LogP contribution in [0.3, 0.4) is 0 Å². The van der Waals surface area contributed by atoms with Crippen LogP contribution in [0.4, 0.5) is 0 Å². The Morgan fingerprint density at radius 2 is 2.03 bits per heavy atom. The van der Waals surface area contributed by atoms with Gasteiger partial charge in [-0.15, -0.1) is 0 Å². The summed E-state index contributed by atoms with van der Waals surface area (Å²) in [5, 5.41) is 21.4. The normalized spacial score (nSPS) is 47.8. The Bertz CT molecular complexity index is 791. The Balaban J connectivity index is 1.77. The van der Waals surface area contributed by atoms with Crippen LogP contribution < -0.4 is 0 Å². The molecule has 0 saturated heterocycles. The summed E-state index contributed by atoms with van der Waals surface area (Å²) in [6.45, 7) is 7.69. The molecule has 6 heteroatoms. The van der Waals surface area contributed by atoms with Crippen molar-refractivity contribution in [3.8, 4) is 0 Å². The maximum atomic E-state index is 13.1. The van der Waals surface area contributed by atoms with Gasteiger partial charge < -0.3 is 19.7 Å². The molecular weight excluding hydrogens is 396 g/mol. The Hall–Kier alpha value is -1.08. The van der Waals surface area contributed by atoms with Gasteiger partial charge in [-0.2, -0.15) is 0 Å². The summed E-state index contributed by atoms with van der Waals surface area (Å²) in [6, 6.07) is 0. The largest absolute Gasteiger partial charge is 0.393 e. The second-order valence-electron chi connectivity index (χ2n) is 11.0. The first-order chi connectivity index (χ1) is 14.5. The van der Waals surface area contributed by atoms with E-state index in [1.807, 2.05) is 6.08 Å². The lowest BCUT2D eigenvalue weighted by molar-refractivity contribution is -0.244. The van der Waals surface area contributed by atoms with E-state index in [0.717, 1.165) is 19.3 Å². The number of fused-ring (bicyclic) bond motifs is 5. The van der Waals surface area contributed by atoms with Crippen molar-refractivity contribution in [2.24, 2.45) is 34.5 Å². The van der Waals surface area contributed by atoms with Crippen molar-refractivity contribution >= 4 is 11.6 Å².